The largest absolute Gasteiger partial charge is 0.296 e. The highest BCUT2D eigenvalue weighted by atomic mass is 35.5. The van der Waals surface area contributed by atoms with Crippen LogP contribution in [0.3, 0.4) is 0 Å². The summed E-state index contributed by atoms with van der Waals surface area (Å²) < 4.78 is 3.54. The van der Waals surface area contributed by atoms with Gasteiger partial charge in [0.05, 0.1) is 26.3 Å². The fraction of sp³-hybridized carbons (Fsp3) is 0.0952. The zero-order chi connectivity index (χ0) is 21.6. The smallest absolute Gasteiger partial charge is 0.283 e. The molecular weight excluding hydrogens is 461 g/mol. The molecule has 0 spiro atoms. The molecule has 5 nitrogen and oxygen atoms in total. The number of para-hydroxylation sites is 1. The number of benzene rings is 2. The van der Waals surface area contributed by atoms with Crippen LogP contribution in [0.2, 0.25) is 10.0 Å². The zero-order valence-corrected chi connectivity index (χ0v) is 19.1. The molecule has 1 amide bonds. The molecule has 2 aromatic carbocycles. The molecule has 0 radical (unpaired) electrons. The van der Waals surface area contributed by atoms with Gasteiger partial charge in [-0.3, -0.25) is 19.2 Å². The molecule has 1 fully saturated rings. The lowest BCUT2D eigenvalue weighted by Crippen LogP contribution is -2.33. The quantitative estimate of drug-likeness (QED) is 0.385. The number of thiocarbonyl (C=S) groups is 1. The van der Waals surface area contributed by atoms with E-state index in [1.54, 1.807) is 42.9 Å². The summed E-state index contributed by atoms with van der Waals surface area (Å²) in [6.07, 6.45) is 1.69. The van der Waals surface area contributed by atoms with Crippen molar-refractivity contribution < 1.29 is 4.79 Å². The Balaban J connectivity index is 1.78. The van der Waals surface area contributed by atoms with E-state index < -0.39 is 0 Å². The van der Waals surface area contributed by atoms with E-state index in [4.69, 9.17) is 35.4 Å². The van der Waals surface area contributed by atoms with Crippen molar-refractivity contribution in [1.29, 1.82) is 0 Å². The first-order chi connectivity index (χ1) is 14.3. The molecule has 0 bridgehead atoms. The summed E-state index contributed by atoms with van der Waals surface area (Å²) in [6.45, 7) is 1.79. The summed E-state index contributed by atoms with van der Waals surface area (Å²) in [7, 11) is 1.77. The van der Waals surface area contributed by atoms with Crippen LogP contribution in [0.25, 0.3) is 11.8 Å². The summed E-state index contributed by atoms with van der Waals surface area (Å²) in [6, 6.07) is 14.3. The fourth-order valence-corrected chi connectivity index (χ4v) is 4.80. The number of amides is 1. The minimum absolute atomic E-state index is 0.251. The second kappa shape index (κ2) is 8.07. The number of aromatic nitrogens is 2. The van der Waals surface area contributed by atoms with E-state index in [0.717, 1.165) is 17.3 Å². The van der Waals surface area contributed by atoms with Crippen LogP contribution < -0.4 is 10.5 Å². The average Bonchev–Trinajstić information content (AvgIpc) is 3.11. The molecule has 4 rings (SSSR count). The van der Waals surface area contributed by atoms with Crippen LogP contribution in [-0.4, -0.2) is 19.6 Å². The Bertz CT molecular complexity index is 1280. The number of hydrogen-bond donors (Lipinski definition) is 0. The van der Waals surface area contributed by atoms with Gasteiger partial charge in [0, 0.05) is 7.05 Å². The Kier molecular flexibility index (Phi) is 5.63. The minimum atomic E-state index is -0.345. The molecule has 152 valence electrons. The molecule has 0 aliphatic carbocycles. The minimum Gasteiger partial charge on any atom is -0.283 e. The van der Waals surface area contributed by atoms with E-state index in [-0.39, 0.29) is 17.2 Å². The normalized spacial score (nSPS) is 15.5. The first-order valence-electron chi connectivity index (χ1n) is 8.86. The molecule has 1 aromatic heterocycles. The van der Waals surface area contributed by atoms with Crippen molar-refractivity contribution in [3.8, 4) is 5.69 Å². The first-order valence-corrected chi connectivity index (χ1v) is 10.8. The molecule has 1 saturated heterocycles. The number of carbonyl (C=O) groups is 1. The number of halogens is 2. The SMILES string of the molecule is Cc1c(N2C(=O)C(=Cc3ccc(Cl)c(Cl)c3)SC2=S)c(=O)n(-c2ccccc2)n1C. The van der Waals surface area contributed by atoms with E-state index in [9.17, 15) is 9.59 Å². The highest BCUT2D eigenvalue weighted by molar-refractivity contribution is 8.27. The van der Waals surface area contributed by atoms with Gasteiger partial charge in [-0.25, -0.2) is 4.68 Å². The van der Waals surface area contributed by atoms with E-state index in [1.807, 2.05) is 30.3 Å². The van der Waals surface area contributed by atoms with Crippen LogP contribution in [0.4, 0.5) is 5.69 Å². The van der Waals surface area contributed by atoms with E-state index in [0.29, 0.717) is 30.7 Å². The van der Waals surface area contributed by atoms with E-state index in [1.165, 1.54) is 9.58 Å². The summed E-state index contributed by atoms with van der Waals surface area (Å²) >= 11 is 18.6. The van der Waals surface area contributed by atoms with Crippen molar-refractivity contribution in [2.75, 3.05) is 4.90 Å². The Hall–Kier alpha value is -2.32. The van der Waals surface area contributed by atoms with Gasteiger partial charge in [0.25, 0.3) is 11.5 Å². The molecule has 9 heteroatoms. The predicted molar refractivity (Wildman–Crippen MR) is 128 cm³/mol. The van der Waals surface area contributed by atoms with Crippen molar-refractivity contribution in [3.05, 3.63) is 85.1 Å². The molecule has 0 N–H and O–H groups in total. The highest BCUT2D eigenvalue weighted by Gasteiger charge is 2.37. The third-order valence-corrected chi connectivity index (χ3v) is 6.82. The Morgan fingerprint density at radius 3 is 2.40 bits per heavy atom. The fourth-order valence-electron chi connectivity index (χ4n) is 3.23. The van der Waals surface area contributed by atoms with Crippen LogP contribution in [0, 0.1) is 6.92 Å². The standard InChI is InChI=1S/C21H15Cl2N3O2S2/c1-12-18(20(28)26(24(12)2)14-6-4-3-5-7-14)25-19(27)17(30-21(25)29)11-13-8-9-15(22)16(23)10-13/h3-11H,1-2H3. The number of anilines is 1. The van der Waals surface area contributed by atoms with Crippen LogP contribution in [0.5, 0.6) is 0 Å². The average molecular weight is 476 g/mol. The van der Waals surface area contributed by atoms with Gasteiger partial charge in [-0.05, 0) is 42.8 Å². The molecule has 1 aliphatic rings. The van der Waals surface area contributed by atoms with Crippen LogP contribution >= 0.6 is 47.2 Å². The van der Waals surface area contributed by atoms with E-state index in [2.05, 4.69) is 0 Å². The maximum atomic E-state index is 13.3. The zero-order valence-electron chi connectivity index (χ0n) is 15.9. The Morgan fingerprint density at radius 2 is 1.73 bits per heavy atom. The van der Waals surface area contributed by atoms with Crippen molar-refractivity contribution in [2.24, 2.45) is 7.05 Å². The molecule has 0 unspecified atom stereocenters. The van der Waals surface area contributed by atoms with Gasteiger partial charge in [0.15, 0.2) is 4.32 Å². The van der Waals surface area contributed by atoms with Gasteiger partial charge in [-0.1, -0.05) is 71.4 Å². The number of thioether (sulfide) groups is 1. The summed E-state index contributed by atoms with van der Waals surface area (Å²) in [5.41, 5.74) is 2.00. The highest BCUT2D eigenvalue weighted by Crippen LogP contribution is 2.37. The van der Waals surface area contributed by atoms with Gasteiger partial charge < -0.3 is 0 Å². The van der Waals surface area contributed by atoms with Crippen molar-refractivity contribution in [3.63, 3.8) is 0 Å². The molecule has 0 saturated carbocycles. The van der Waals surface area contributed by atoms with Crippen LogP contribution in [0.1, 0.15) is 11.3 Å². The maximum absolute atomic E-state index is 13.3. The van der Waals surface area contributed by atoms with Gasteiger partial charge in [0.1, 0.15) is 5.69 Å². The van der Waals surface area contributed by atoms with Crippen molar-refractivity contribution >= 4 is 69.2 Å². The van der Waals surface area contributed by atoms with Crippen LogP contribution in [0.15, 0.2) is 58.2 Å². The lowest BCUT2D eigenvalue weighted by molar-refractivity contribution is -0.113. The molecule has 0 atom stereocenters. The van der Waals surface area contributed by atoms with Gasteiger partial charge >= 0.3 is 0 Å². The molecular formula is C21H15Cl2N3O2S2. The lowest BCUT2D eigenvalue weighted by Gasteiger charge is -2.12. The lowest BCUT2D eigenvalue weighted by atomic mass is 10.2. The molecule has 1 aliphatic heterocycles. The third kappa shape index (κ3) is 3.52. The third-order valence-electron chi connectivity index (χ3n) is 4.78. The second-order valence-corrected chi connectivity index (χ2v) is 9.09. The Morgan fingerprint density at radius 1 is 1.03 bits per heavy atom. The summed E-state index contributed by atoms with van der Waals surface area (Å²) in [4.78, 5) is 28.1. The second-order valence-electron chi connectivity index (χ2n) is 6.60. The number of carbonyl (C=O) groups excluding carboxylic acids is 1. The topological polar surface area (TPSA) is 47.2 Å². The van der Waals surface area contributed by atoms with Gasteiger partial charge in [0.2, 0.25) is 0 Å². The van der Waals surface area contributed by atoms with Gasteiger partial charge in [-0.2, -0.15) is 0 Å². The predicted octanol–water partition coefficient (Wildman–Crippen LogP) is 5.20. The number of nitrogens with zero attached hydrogens (tertiary/aromatic N) is 3. The Labute approximate surface area is 192 Å². The van der Waals surface area contributed by atoms with Gasteiger partial charge in [-0.15, -0.1) is 0 Å². The maximum Gasteiger partial charge on any atom is 0.296 e. The monoisotopic (exact) mass is 475 g/mol. The number of rotatable bonds is 3. The van der Waals surface area contributed by atoms with Crippen molar-refractivity contribution in [2.45, 2.75) is 6.92 Å². The van der Waals surface area contributed by atoms with E-state index >= 15 is 0 Å². The molecule has 30 heavy (non-hydrogen) atoms. The first kappa shape index (κ1) is 20.9. The molecule has 3 aromatic rings. The number of hydrogen-bond acceptors (Lipinski definition) is 4. The molecule has 2 heterocycles. The summed E-state index contributed by atoms with van der Waals surface area (Å²) in [5.74, 6) is -0.345. The summed E-state index contributed by atoms with van der Waals surface area (Å²) in [5, 5.41) is 0.827. The van der Waals surface area contributed by atoms with Crippen molar-refractivity contribution in [1.82, 2.24) is 9.36 Å². The van der Waals surface area contributed by atoms with Crippen LogP contribution in [-0.2, 0) is 11.8 Å².